The van der Waals surface area contributed by atoms with E-state index in [0.29, 0.717) is 17.7 Å². The molecule has 0 aromatic carbocycles. The second-order valence-corrected chi connectivity index (χ2v) is 5.87. The van der Waals surface area contributed by atoms with Crippen molar-refractivity contribution in [3.63, 3.8) is 0 Å². The SMILES string of the molecule is O=C(C1CC1)N1CCC(CCOc2cccnc2)CC1. The lowest BCUT2D eigenvalue weighted by Gasteiger charge is -2.32. The highest BCUT2D eigenvalue weighted by molar-refractivity contribution is 5.81. The van der Waals surface area contributed by atoms with Gasteiger partial charge in [0.05, 0.1) is 12.8 Å². The average molecular weight is 274 g/mol. The van der Waals surface area contributed by atoms with E-state index in [0.717, 1.165) is 57.6 Å². The van der Waals surface area contributed by atoms with Gasteiger partial charge in [-0.3, -0.25) is 9.78 Å². The molecule has 1 aliphatic heterocycles. The van der Waals surface area contributed by atoms with Crippen molar-refractivity contribution in [2.24, 2.45) is 11.8 Å². The van der Waals surface area contributed by atoms with Crippen molar-refractivity contribution in [1.82, 2.24) is 9.88 Å². The summed E-state index contributed by atoms with van der Waals surface area (Å²) in [5, 5.41) is 0. The first kappa shape index (κ1) is 13.4. The Bertz CT molecular complexity index is 437. The maximum Gasteiger partial charge on any atom is 0.225 e. The summed E-state index contributed by atoms with van der Waals surface area (Å²) in [4.78, 5) is 18.1. The molecule has 2 fully saturated rings. The Morgan fingerprint density at radius 1 is 1.30 bits per heavy atom. The fraction of sp³-hybridized carbons (Fsp3) is 0.625. The van der Waals surface area contributed by atoms with Crippen LogP contribution in [0, 0.1) is 11.8 Å². The first-order chi connectivity index (χ1) is 9.83. The summed E-state index contributed by atoms with van der Waals surface area (Å²) in [7, 11) is 0. The Balaban J connectivity index is 1.35. The van der Waals surface area contributed by atoms with Crippen LogP contribution in [-0.4, -0.2) is 35.5 Å². The van der Waals surface area contributed by atoms with Crippen LogP contribution in [0.5, 0.6) is 5.75 Å². The molecule has 1 amide bonds. The normalized spacial score (nSPS) is 19.9. The molecule has 4 heteroatoms. The maximum absolute atomic E-state index is 12.0. The van der Waals surface area contributed by atoms with Crippen molar-refractivity contribution >= 4 is 5.91 Å². The Morgan fingerprint density at radius 2 is 2.10 bits per heavy atom. The second-order valence-electron chi connectivity index (χ2n) is 5.87. The number of aromatic nitrogens is 1. The van der Waals surface area contributed by atoms with Crippen LogP contribution in [-0.2, 0) is 4.79 Å². The Labute approximate surface area is 120 Å². The zero-order valence-electron chi connectivity index (χ0n) is 11.8. The van der Waals surface area contributed by atoms with Crippen molar-refractivity contribution in [3.8, 4) is 5.75 Å². The van der Waals surface area contributed by atoms with Crippen LogP contribution in [0.15, 0.2) is 24.5 Å². The number of pyridine rings is 1. The molecule has 4 nitrogen and oxygen atoms in total. The lowest BCUT2D eigenvalue weighted by molar-refractivity contribution is -0.134. The average Bonchev–Trinajstić information content (AvgIpc) is 3.33. The number of likely N-dealkylation sites (tertiary alicyclic amines) is 1. The Morgan fingerprint density at radius 3 is 2.75 bits per heavy atom. The predicted molar refractivity (Wildman–Crippen MR) is 76.4 cm³/mol. The van der Waals surface area contributed by atoms with E-state index >= 15 is 0 Å². The first-order valence-electron chi connectivity index (χ1n) is 7.64. The van der Waals surface area contributed by atoms with Crippen molar-refractivity contribution < 1.29 is 9.53 Å². The Kier molecular flexibility index (Phi) is 4.19. The lowest BCUT2D eigenvalue weighted by Crippen LogP contribution is -2.39. The van der Waals surface area contributed by atoms with Gasteiger partial charge in [0.15, 0.2) is 0 Å². The first-order valence-corrected chi connectivity index (χ1v) is 7.64. The molecular formula is C16H22N2O2. The van der Waals surface area contributed by atoms with Crippen LogP contribution in [0.25, 0.3) is 0 Å². The summed E-state index contributed by atoms with van der Waals surface area (Å²) in [6.07, 6.45) is 9.02. The molecule has 0 N–H and O–H groups in total. The van der Waals surface area contributed by atoms with E-state index in [2.05, 4.69) is 9.88 Å². The predicted octanol–water partition coefficient (Wildman–Crippen LogP) is 2.50. The molecule has 0 unspecified atom stereocenters. The standard InChI is InChI=1S/C16H22N2O2/c19-16(14-3-4-14)18-9-5-13(6-10-18)7-11-20-15-2-1-8-17-12-15/h1-2,8,12-14H,3-7,9-11H2. The van der Waals surface area contributed by atoms with Gasteiger partial charge in [0.2, 0.25) is 5.91 Å². The molecule has 1 aliphatic carbocycles. The van der Waals surface area contributed by atoms with Gasteiger partial charge < -0.3 is 9.64 Å². The summed E-state index contributed by atoms with van der Waals surface area (Å²) in [5.41, 5.74) is 0. The van der Waals surface area contributed by atoms with E-state index in [-0.39, 0.29) is 0 Å². The van der Waals surface area contributed by atoms with Crippen molar-refractivity contribution in [2.75, 3.05) is 19.7 Å². The number of ether oxygens (including phenoxy) is 1. The van der Waals surface area contributed by atoms with Crippen LogP contribution in [0.4, 0.5) is 0 Å². The number of carbonyl (C=O) groups is 1. The lowest BCUT2D eigenvalue weighted by atomic mass is 9.93. The van der Waals surface area contributed by atoms with Crippen LogP contribution in [0.1, 0.15) is 32.1 Å². The van der Waals surface area contributed by atoms with E-state index < -0.39 is 0 Å². The molecule has 0 spiro atoms. The van der Waals surface area contributed by atoms with Gasteiger partial charge in [0.25, 0.3) is 0 Å². The topological polar surface area (TPSA) is 42.4 Å². The van der Waals surface area contributed by atoms with E-state index in [9.17, 15) is 4.79 Å². The van der Waals surface area contributed by atoms with Crippen molar-refractivity contribution in [3.05, 3.63) is 24.5 Å². The number of rotatable bonds is 5. The molecule has 0 radical (unpaired) electrons. The van der Waals surface area contributed by atoms with Crippen molar-refractivity contribution in [1.29, 1.82) is 0 Å². The second kappa shape index (κ2) is 6.25. The fourth-order valence-corrected chi connectivity index (χ4v) is 2.81. The molecule has 1 aromatic rings. The minimum absolute atomic E-state index is 0.362. The molecule has 3 rings (SSSR count). The summed E-state index contributed by atoms with van der Waals surface area (Å²) in [6, 6.07) is 3.82. The van der Waals surface area contributed by atoms with E-state index in [1.807, 2.05) is 12.1 Å². The number of piperidine rings is 1. The van der Waals surface area contributed by atoms with Gasteiger partial charge >= 0.3 is 0 Å². The summed E-state index contributed by atoms with van der Waals surface area (Å²) < 4.78 is 5.69. The number of amides is 1. The fourth-order valence-electron chi connectivity index (χ4n) is 2.81. The van der Waals surface area contributed by atoms with Gasteiger partial charge in [-0.1, -0.05) is 0 Å². The highest BCUT2D eigenvalue weighted by Crippen LogP contribution is 2.32. The third kappa shape index (κ3) is 3.50. The highest BCUT2D eigenvalue weighted by Gasteiger charge is 2.34. The minimum atomic E-state index is 0.362. The summed E-state index contributed by atoms with van der Waals surface area (Å²) in [6.45, 7) is 2.62. The third-order valence-electron chi connectivity index (χ3n) is 4.28. The number of hydrogen-bond acceptors (Lipinski definition) is 3. The van der Waals surface area contributed by atoms with E-state index in [1.54, 1.807) is 12.4 Å². The largest absolute Gasteiger partial charge is 0.492 e. The number of hydrogen-bond donors (Lipinski definition) is 0. The molecule has 1 saturated heterocycles. The zero-order chi connectivity index (χ0) is 13.8. The van der Waals surface area contributed by atoms with Crippen LogP contribution >= 0.6 is 0 Å². The molecule has 2 aliphatic rings. The summed E-state index contributed by atoms with van der Waals surface area (Å²) in [5.74, 6) is 2.29. The van der Waals surface area contributed by atoms with E-state index in [1.165, 1.54) is 0 Å². The highest BCUT2D eigenvalue weighted by atomic mass is 16.5. The van der Waals surface area contributed by atoms with Gasteiger partial charge in [-0.15, -0.1) is 0 Å². The van der Waals surface area contributed by atoms with Gasteiger partial charge in [-0.05, 0) is 50.2 Å². The molecule has 20 heavy (non-hydrogen) atoms. The molecule has 0 bridgehead atoms. The van der Waals surface area contributed by atoms with Crippen LogP contribution in [0.3, 0.4) is 0 Å². The minimum Gasteiger partial charge on any atom is -0.492 e. The quantitative estimate of drug-likeness (QED) is 0.828. The van der Waals surface area contributed by atoms with Gasteiger partial charge in [0, 0.05) is 25.2 Å². The third-order valence-corrected chi connectivity index (χ3v) is 4.28. The maximum atomic E-state index is 12.0. The van der Waals surface area contributed by atoms with E-state index in [4.69, 9.17) is 4.74 Å². The molecule has 0 atom stereocenters. The molecule has 108 valence electrons. The summed E-state index contributed by atoms with van der Waals surface area (Å²) >= 11 is 0. The van der Waals surface area contributed by atoms with Gasteiger partial charge in [-0.2, -0.15) is 0 Å². The Hall–Kier alpha value is -1.58. The number of nitrogens with zero attached hydrogens (tertiary/aromatic N) is 2. The molecule has 1 saturated carbocycles. The van der Waals surface area contributed by atoms with Gasteiger partial charge in [-0.25, -0.2) is 0 Å². The zero-order valence-corrected chi connectivity index (χ0v) is 11.8. The van der Waals surface area contributed by atoms with Crippen LogP contribution in [0.2, 0.25) is 0 Å². The number of carbonyl (C=O) groups excluding carboxylic acids is 1. The van der Waals surface area contributed by atoms with Crippen molar-refractivity contribution in [2.45, 2.75) is 32.1 Å². The monoisotopic (exact) mass is 274 g/mol. The smallest absolute Gasteiger partial charge is 0.225 e. The van der Waals surface area contributed by atoms with Gasteiger partial charge in [0.1, 0.15) is 5.75 Å². The van der Waals surface area contributed by atoms with Crippen LogP contribution < -0.4 is 4.74 Å². The molecule has 1 aromatic heterocycles. The molecular weight excluding hydrogens is 252 g/mol. The molecule has 2 heterocycles.